The van der Waals surface area contributed by atoms with E-state index in [4.69, 9.17) is 4.74 Å². The van der Waals surface area contributed by atoms with Gasteiger partial charge in [0.2, 0.25) is 0 Å². The molecule has 0 spiro atoms. The van der Waals surface area contributed by atoms with Gasteiger partial charge in [0.15, 0.2) is 0 Å². The molecule has 0 amide bonds. The molecule has 2 atom stereocenters. The molecule has 1 aromatic heterocycles. The van der Waals surface area contributed by atoms with Crippen molar-refractivity contribution < 1.29 is 14.2 Å². The fraction of sp³-hybridized carbons (Fsp3) is 0.467. The van der Waals surface area contributed by atoms with Gasteiger partial charge in [-0.1, -0.05) is 18.2 Å². The molecule has 1 fully saturated rings. The van der Waals surface area contributed by atoms with E-state index in [1.165, 1.54) is 12.4 Å². The van der Waals surface area contributed by atoms with E-state index in [1.807, 2.05) is 0 Å². The molecule has 0 bridgehead atoms. The van der Waals surface area contributed by atoms with Gasteiger partial charge >= 0.3 is 0 Å². The van der Waals surface area contributed by atoms with Crippen molar-refractivity contribution in [3.63, 3.8) is 0 Å². The Morgan fingerprint density at radius 1 is 1.41 bits per heavy atom. The summed E-state index contributed by atoms with van der Waals surface area (Å²) in [6.07, 6.45) is 2.29. The second-order valence-corrected chi connectivity index (χ2v) is 5.41. The van der Waals surface area contributed by atoms with Crippen LogP contribution in [0.25, 0.3) is 0 Å². The maximum Gasteiger partial charge on any atom is 0.137 e. The third kappa shape index (κ3) is 3.68. The lowest BCUT2D eigenvalue weighted by Gasteiger charge is -2.34. The molecule has 1 aliphatic heterocycles. The van der Waals surface area contributed by atoms with Crippen molar-refractivity contribution in [2.24, 2.45) is 0 Å². The molecule has 0 saturated carbocycles. The highest BCUT2D eigenvalue weighted by Crippen LogP contribution is 2.19. The van der Waals surface area contributed by atoms with Crippen LogP contribution in [0.1, 0.15) is 11.7 Å². The summed E-state index contributed by atoms with van der Waals surface area (Å²) in [4.78, 5) is 5.99. The number of halogens is 1. The Kier molecular flexibility index (Phi) is 4.77. The average molecular weight is 306 g/mol. The Balaban J connectivity index is 1.57. The quantitative estimate of drug-likeness (QED) is 0.887. The van der Waals surface area contributed by atoms with E-state index in [9.17, 15) is 9.50 Å². The van der Waals surface area contributed by atoms with Crippen LogP contribution in [-0.2, 0) is 11.3 Å². The number of aromatic nitrogens is 3. The molecular formula is C15H19FN4O2. The first-order chi connectivity index (χ1) is 10.7. The standard InChI is InChI=1S/C15H19FN4O2/c16-14-4-2-1-3-13(14)15(21)9-19-5-6-22-12(7-19)8-20-11-17-10-18-20/h1-4,10-12,15,21H,5-9H2/t12-,15+/m0/s1. The first kappa shape index (κ1) is 15.1. The molecule has 1 saturated heterocycles. The first-order valence-electron chi connectivity index (χ1n) is 7.31. The SMILES string of the molecule is O[C@H](CN1CCO[C@H](Cn2cncn2)C1)c1ccccc1F. The van der Waals surface area contributed by atoms with Gasteiger partial charge in [-0.05, 0) is 6.07 Å². The largest absolute Gasteiger partial charge is 0.387 e. The molecule has 22 heavy (non-hydrogen) atoms. The number of ether oxygens (including phenoxy) is 1. The number of morpholine rings is 1. The zero-order valence-corrected chi connectivity index (χ0v) is 12.2. The Bertz CT molecular complexity index is 593. The number of hydrogen-bond donors (Lipinski definition) is 1. The monoisotopic (exact) mass is 306 g/mol. The molecule has 0 unspecified atom stereocenters. The summed E-state index contributed by atoms with van der Waals surface area (Å²) in [6.45, 7) is 2.98. The van der Waals surface area contributed by atoms with Crippen molar-refractivity contribution >= 4 is 0 Å². The molecular weight excluding hydrogens is 287 g/mol. The molecule has 2 aromatic rings. The van der Waals surface area contributed by atoms with E-state index in [1.54, 1.807) is 29.2 Å². The van der Waals surface area contributed by atoms with Crippen LogP contribution in [0.15, 0.2) is 36.9 Å². The van der Waals surface area contributed by atoms with E-state index in [0.717, 1.165) is 6.54 Å². The number of benzene rings is 1. The van der Waals surface area contributed by atoms with Crippen LogP contribution < -0.4 is 0 Å². The molecule has 0 radical (unpaired) electrons. The minimum Gasteiger partial charge on any atom is -0.387 e. The number of rotatable bonds is 5. The maximum atomic E-state index is 13.7. The predicted molar refractivity (Wildman–Crippen MR) is 77.6 cm³/mol. The lowest BCUT2D eigenvalue weighted by molar-refractivity contribution is -0.0489. The smallest absolute Gasteiger partial charge is 0.137 e. The normalized spacial score (nSPS) is 20.9. The number of β-amino-alcohol motifs (C(OH)–C–C–N with tert-alkyl or cyclic N) is 1. The summed E-state index contributed by atoms with van der Waals surface area (Å²) in [5.74, 6) is -0.373. The summed E-state index contributed by atoms with van der Waals surface area (Å²) < 4.78 is 21.1. The first-order valence-corrected chi connectivity index (χ1v) is 7.31. The van der Waals surface area contributed by atoms with Crippen LogP contribution in [-0.4, -0.2) is 57.1 Å². The van der Waals surface area contributed by atoms with Crippen molar-refractivity contribution in [1.82, 2.24) is 19.7 Å². The van der Waals surface area contributed by atoms with Crippen LogP contribution in [0.2, 0.25) is 0 Å². The van der Waals surface area contributed by atoms with E-state index in [0.29, 0.717) is 31.8 Å². The van der Waals surface area contributed by atoms with Crippen molar-refractivity contribution in [3.8, 4) is 0 Å². The molecule has 7 heteroatoms. The highest BCUT2D eigenvalue weighted by Gasteiger charge is 2.24. The predicted octanol–water partition coefficient (Wildman–Crippen LogP) is 0.852. The van der Waals surface area contributed by atoms with Crippen LogP contribution >= 0.6 is 0 Å². The van der Waals surface area contributed by atoms with Gasteiger partial charge < -0.3 is 9.84 Å². The van der Waals surface area contributed by atoms with Crippen molar-refractivity contribution in [2.75, 3.05) is 26.2 Å². The minimum atomic E-state index is -0.841. The molecule has 118 valence electrons. The molecule has 6 nitrogen and oxygen atoms in total. The Morgan fingerprint density at radius 2 is 2.27 bits per heavy atom. The number of aliphatic hydroxyl groups is 1. The van der Waals surface area contributed by atoms with Gasteiger partial charge in [-0.25, -0.2) is 9.37 Å². The molecule has 1 aromatic carbocycles. The lowest BCUT2D eigenvalue weighted by atomic mass is 10.1. The fourth-order valence-electron chi connectivity index (χ4n) is 2.68. The van der Waals surface area contributed by atoms with E-state index in [-0.39, 0.29) is 11.9 Å². The van der Waals surface area contributed by atoms with Gasteiger partial charge in [0.1, 0.15) is 18.5 Å². The molecule has 1 N–H and O–H groups in total. The summed E-state index contributed by atoms with van der Waals surface area (Å²) in [6, 6.07) is 6.33. The maximum absolute atomic E-state index is 13.7. The van der Waals surface area contributed by atoms with Gasteiger partial charge in [0, 0.05) is 25.2 Å². The molecule has 3 rings (SSSR count). The van der Waals surface area contributed by atoms with E-state index in [2.05, 4.69) is 15.0 Å². The van der Waals surface area contributed by atoms with Crippen molar-refractivity contribution in [3.05, 3.63) is 48.3 Å². The highest BCUT2D eigenvalue weighted by molar-refractivity contribution is 5.20. The van der Waals surface area contributed by atoms with Gasteiger partial charge in [-0.2, -0.15) is 5.10 Å². The highest BCUT2D eigenvalue weighted by atomic mass is 19.1. The summed E-state index contributed by atoms with van der Waals surface area (Å²) in [7, 11) is 0. The Morgan fingerprint density at radius 3 is 3.05 bits per heavy atom. The number of nitrogens with zero attached hydrogens (tertiary/aromatic N) is 4. The Labute approximate surface area is 128 Å². The van der Waals surface area contributed by atoms with Crippen molar-refractivity contribution in [1.29, 1.82) is 0 Å². The zero-order chi connectivity index (χ0) is 15.4. The van der Waals surface area contributed by atoms with Crippen LogP contribution in [0.4, 0.5) is 4.39 Å². The lowest BCUT2D eigenvalue weighted by Crippen LogP contribution is -2.45. The molecule has 0 aliphatic carbocycles. The average Bonchev–Trinajstić information content (AvgIpc) is 3.01. The third-order valence-corrected chi connectivity index (χ3v) is 3.78. The van der Waals surface area contributed by atoms with Gasteiger partial charge in [0.25, 0.3) is 0 Å². The van der Waals surface area contributed by atoms with Crippen LogP contribution in [0.5, 0.6) is 0 Å². The second-order valence-electron chi connectivity index (χ2n) is 5.41. The van der Waals surface area contributed by atoms with Gasteiger partial charge in [-0.15, -0.1) is 0 Å². The summed E-state index contributed by atoms with van der Waals surface area (Å²) in [5.41, 5.74) is 0.335. The van der Waals surface area contributed by atoms with Crippen LogP contribution in [0.3, 0.4) is 0 Å². The number of hydrogen-bond acceptors (Lipinski definition) is 5. The zero-order valence-electron chi connectivity index (χ0n) is 12.2. The van der Waals surface area contributed by atoms with Crippen LogP contribution in [0, 0.1) is 5.82 Å². The Hall–Kier alpha value is -1.83. The fourth-order valence-corrected chi connectivity index (χ4v) is 2.68. The van der Waals surface area contributed by atoms with E-state index < -0.39 is 6.10 Å². The summed E-state index contributed by atoms with van der Waals surface area (Å²) >= 11 is 0. The van der Waals surface area contributed by atoms with Gasteiger partial charge in [0.05, 0.1) is 25.4 Å². The topological polar surface area (TPSA) is 63.4 Å². The third-order valence-electron chi connectivity index (χ3n) is 3.78. The minimum absolute atomic E-state index is 0.0109. The van der Waals surface area contributed by atoms with Crippen molar-refractivity contribution in [2.45, 2.75) is 18.8 Å². The van der Waals surface area contributed by atoms with E-state index >= 15 is 0 Å². The summed E-state index contributed by atoms with van der Waals surface area (Å²) in [5, 5.41) is 14.3. The second kappa shape index (κ2) is 6.95. The molecule has 2 heterocycles. The number of aliphatic hydroxyl groups excluding tert-OH is 1. The van der Waals surface area contributed by atoms with Gasteiger partial charge in [-0.3, -0.25) is 9.58 Å². The molecule has 1 aliphatic rings.